The van der Waals surface area contributed by atoms with E-state index in [2.05, 4.69) is 10.1 Å². The third kappa shape index (κ3) is 1.61. The van der Waals surface area contributed by atoms with Crippen LogP contribution in [0.5, 0.6) is 0 Å². The van der Waals surface area contributed by atoms with Gasteiger partial charge in [0.05, 0.1) is 17.4 Å². The predicted octanol–water partition coefficient (Wildman–Crippen LogP) is 2.06. The summed E-state index contributed by atoms with van der Waals surface area (Å²) < 4.78 is 1.81. The van der Waals surface area contributed by atoms with Gasteiger partial charge in [-0.3, -0.25) is 4.98 Å². The zero-order valence-corrected chi connectivity index (χ0v) is 7.65. The lowest BCUT2D eigenvalue weighted by molar-refractivity contribution is 0.922. The molecule has 2 aromatic rings. The van der Waals surface area contributed by atoms with Crippen LogP contribution < -0.4 is 0 Å². The molecule has 3 nitrogen and oxygen atoms in total. The maximum Gasteiger partial charge on any atom is 0.0847 e. The van der Waals surface area contributed by atoms with E-state index in [4.69, 9.17) is 0 Å². The van der Waals surface area contributed by atoms with Crippen LogP contribution in [0.2, 0.25) is 0 Å². The molecule has 2 heterocycles. The molecule has 0 unspecified atom stereocenters. The number of hydrogen-bond donors (Lipinski definition) is 0. The highest BCUT2D eigenvalue weighted by molar-refractivity contribution is 5.44. The molecular weight excluding hydrogens is 150 g/mol. The van der Waals surface area contributed by atoms with Crippen LogP contribution in [-0.2, 0) is 0 Å². The molecular formula is C9H13N3. The van der Waals surface area contributed by atoms with Gasteiger partial charge in [-0.25, -0.2) is 4.52 Å². The minimum Gasteiger partial charge on any atom is -0.261 e. The predicted molar refractivity (Wildman–Crippen MR) is 49.1 cm³/mol. The second-order valence-corrected chi connectivity index (χ2v) is 2.23. The van der Waals surface area contributed by atoms with E-state index in [0.29, 0.717) is 0 Å². The molecule has 3 heteroatoms. The maximum atomic E-state index is 4.19. The second kappa shape index (κ2) is 3.85. The van der Waals surface area contributed by atoms with Crippen molar-refractivity contribution in [1.29, 1.82) is 0 Å². The number of fused-ring (bicyclic) bond motifs is 1. The van der Waals surface area contributed by atoms with Gasteiger partial charge in [0, 0.05) is 12.4 Å². The molecule has 0 radical (unpaired) electrons. The number of nitrogens with zero attached hydrogens (tertiary/aromatic N) is 3. The van der Waals surface area contributed by atoms with E-state index in [1.165, 1.54) is 0 Å². The average molecular weight is 163 g/mol. The molecule has 0 amide bonds. The number of rotatable bonds is 0. The quantitative estimate of drug-likeness (QED) is 0.595. The van der Waals surface area contributed by atoms with Crippen LogP contribution in [0, 0.1) is 6.92 Å². The SMILES string of the molecule is CC.Cc1cc2cnccn2n1. The van der Waals surface area contributed by atoms with Gasteiger partial charge in [-0.15, -0.1) is 0 Å². The minimum absolute atomic E-state index is 1.02. The number of aromatic nitrogens is 3. The molecule has 0 aliphatic carbocycles. The molecule has 0 bridgehead atoms. The summed E-state index contributed by atoms with van der Waals surface area (Å²) in [6, 6.07) is 1.99. The van der Waals surface area contributed by atoms with Crippen molar-refractivity contribution in [2.45, 2.75) is 20.8 Å². The summed E-state index contributed by atoms with van der Waals surface area (Å²) in [7, 11) is 0. The first-order chi connectivity index (χ1) is 5.86. The van der Waals surface area contributed by atoms with Crippen molar-refractivity contribution < 1.29 is 0 Å². The molecule has 0 aliphatic rings. The van der Waals surface area contributed by atoms with Crippen LogP contribution in [-0.4, -0.2) is 14.6 Å². The standard InChI is InChI=1S/C7H7N3.C2H6/c1-6-4-7-5-8-2-3-10(7)9-6;1-2/h2-5H,1H3;1-2H3. The van der Waals surface area contributed by atoms with E-state index in [1.807, 2.05) is 37.5 Å². The average Bonchev–Trinajstić information content (AvgIpc) is 2.48. The van der Waals surface area contributed by atoms with Crippen LogP contribution >= 0.6 is 0 Å². The summed E-state index contributed by atoms with van der Waals surface area (Å²) >= 11 is 0. The van der Waals surface area contributed by atoms with Gasteiger partial charge in [0.1, 0.15) is 0 Å². The molecule has 12 heavy (non-hydrogen) atoms. The Labute approximate surface area is 72.1 Å². The van der Waals surface area contributed by atoms with Crippen LogP contribution in [0.25, 0.3) is 5.52 Å². The van der Waals surface area contributed by atoms with E-state index >= 15 is 0 Å². The Morgan fingerprint density at radius 3 is 2.75 bits per heavy atom. The van der Waals surface area contributed by atoms with Gasteiger partial charge >= 0.3 is 0 Å². The summed E-state index contributed by atoms with van der Waals surface area (Å²) in [5, 5.41) is 4.19. The maximum absolute atomic E-state index is 4.19. The first-order valence-electron chi connectivity index (χ1n) is 4.12. The largest absolute Gasteiger partial charge is 0.261 e. The van der Waals surface area contributed by atoms with Gasteiger partial charge in [0.25, 0.3) is 0 Å². The minimum atomic E-state index is 1.02. The molecule has 0 saturated heterocycles. The summed E-state index contributed by atoms with van der Waals surface area (Å²) in [4.78, 5) is 3.97. The molecule has 64 valence electrons. The van der Waals surface area contributed by atoms with Crippen molar-refractivity contribution in [3.8, 4) is 0 Å². The number of aryl methyl sites for hydroxylation is 1. The molecule has 0 fully saturated rings. The lowest BCUT2D eigenvalue weighted by atomic mass is 10.4. The molecule has 0 aromatic carbocycles. The van der Waals surface area contributed by atoms with E-state index in [0.717, 1.165) is 11.2 Å². The van der Waals surface area contributed by atoms with Crippen LogP contribution in [0.15, 0.2) is 24.7 Å². The highest BCUT2D eigenvalue weighted by Crippen LogP contribution is 2.01. The smallest absolute Gasteiger partial charge is 0.0847 e. The van der Waals surface area contributed by atoms with Crippen molar-refractivity contribution >= 4 is 5.52 Å². The summed E-state index contributed by atoms with van der Waals surface area (Å²) in [6.07, 6.45) is 5.35. The van der Waals surface area contributed by atoms with Gasteiger partial charge in [-0.05, 0) is 13.0 Å². The molecule has 2 rings (SSSR count). The molecule has 0 saturated carbocycles. The lowest BCUT2D eigenvalue weighted by Gasteiger charge is -1.86. The fourth-order valence-electron chi connectivity index (χ4n) is 0.974. The molecule has 0 N–H and O–H groups in total. The Balaban J connectivity index is 0.000000336. The van der Waals surface area contributed by atoms with Gasteiger partial charge in [-0.2, -0.15) is 5.10 Å². The Morgan fingerprint density at radius 1 is 1.33 bits per heavy atom. The molecule has 0 spiro atoms. The van der Waals surface area contributed by atoms with Crippen LogP contribution in [0.3, 0.4) is 0 Å². The number of hydrogen-bond acceptors (Lipinski definition) is 2. The van der Waals surface area contributed by atoms with Crippen LogP contribution in [0.1, 0.15) is 19.5 Å². The van der Waals surface area contributed by atoms with Crippen molar-refractivity contribution in [1.82, 2.24) is 14.6 Å². The monoisotopic (exact) mass is 163 g/mol. The highest BCUT2D eigenvalue weighted by atomic mass is 15.2. The Morgan fingerprint density at radius 2 is 2.08 bits per heavy atom. The van der Waals surface area contributed by atoms with Crippen LogP contribution in [0.4, 0.5) is 0 Å². The Kier molecular flexibility index (Phi) is 2.80. The van der Waals surface area contributed by atoms with Crippen molar-refractivity contribution in [2.75, 3.05) is 0 Å². The fraction of sp³-hybridized carbons (Fsp3) is 0.333. The first kappa shape index (κ1) is 8.71. The summed E-state index contributed by atoms with van der Waals surface area (Å²) in [5.74, 6) is 0. The first-order valence-corrected chi connectivity index (χ1v) is 4.12. The summed E-state index contributed by atoms with van der Waals surface area (Å²) in [6.45, 7) is 5.97. The van der Waals surface area contributed by atoms with Gasteiger partial charge in [0.2, 0.25) is 0 Å². The van der Waals surface area contributed by atoms with E-state index in [-0.39, 0.29) is 0 Å². The van der Waals surface area contributed by atoms with E-state index in [1.54, 1.807) is 12.4 Å². The summed E-state index contributed by atoms with van der Waals surface area (Å²) in [5.41, 5.74) is 2.06. The van der Waals surface area contributed by atoms with Crippen molar-refractivity contribution in [3.63, 3.8) is 0 Å². The van der Waals surface area contributed by atoms with Crippen molar-refractivity contribution in [2.24, 2.45) is 0 Å². The third-order valence-corrected chi connectivity index (χ3v) is 1.39. The highest BCUT2D eigenvalue weighted by Gasteiger charge is 1.92. The third-order valence-electron chi connectivity index (χ3n) is 1.39. The zero-order valence-electron chi connectivity index (χ0n) is 7.65. The van der Waals surface area contributed by atoms with E-state index in [9.17, 15) is 0 Å². The second-order valence-electron chi connectivity index (χ2n) is 2.23. The van der Waals surface area contributed by atoms with Gasteiger partial charge < -0.3 is 0 Å². The normalized spacial score (nSPS) is 9.25. The molecule has 2 aromatic heterocycles. The van der Waals surface area contributed by atoms with E-state index < -0.39 is 0 Å². The molecule has 0 atom stereocenters. The zero-order chi connectivity index (χ0) is 8.97. The van der Waals surface area contributed by atoms with Gasteiger partial charge in [0.15, 0.2) is 0 Å². The Bertz CT molecular complexity index is 318. The fourth-order valence-corrected chi connectivity index (χ4v) is 0.974. The van der Waals surface area contributed by atoms with Gasteiger partial charge in [-0.1, -0.05) is 13.8 Å². The molecule has 0 aliphatic heterocycles. The Hall–Kier alpha value is -1.38. The van der Waals surface area contributed by atoms with Crippen molar-refractivity contribution in [3.05, 3.63) is 30.4 Å². The topological polar surface area (TPSA) is 30.2 Å². The lowest BCUT2D eigenvalue weighted by Crippen LogP contribution is -1.85.